The van der Waals surface area contributed by atoms with Gasteiger partial charge in [-0.05, 0) is 55.5 Å². The van der Waals surface area contributed by atoms with Gasteiger partial charge < -0.3 is 4.74 Å². The predicted octanol–water partition coefficient (Wildman–Crippen LogP) is 3.49. The van der Waals surface area contributed by atoms with Crippen molar-refractivity contribution in [3.8, 4) is 17.0 Å². The zero-order valence-electron chi connectivity index (χ0n) is 15.6. The molecule has 0 aliphatic rings. The van der Waals surface area contributed by atoms with Gasteiger partial charge in [0.05, 0.1) is 12.3 Å². The van der Waals surface area contributed by atoms with E-state index in [1.54, 1.807) is 48.5 Å². The summed E-state index contributed by atoms with van der Waals surface area (Å²) in [7, 11) is 0. The average molecular weight is 409 g/mol. The summed E-state index contributed by atoms with van der Waals surface area (Å²) < 4.78 is 7.68. The normalized spacial score (nSPS) is 11.0. The van der Waals surface area contributed by atoms with Gasteiger partial charge in [-0.3, -0.25) is 4.79 Å². The number of ketones is 1. The fourth-order valence-corrected chi connectivity index (χ4v) is 3.04. The van der Waals surface area contributed by atoms with Gasteiger partial charge >= 0.3 is 5.69 Å². The fraction of sp³-hybridized carbons (Fsp3) is 0.143. The lowest BCUT2D eigenvalue weighted by atomic mass is 10.1. The number of fused-ring (bicyclic) bond motifs is 1. The predicted molar refractivity (Wildman–Crippen MR) is 110 cm³/mol. The lowest BCUT2D eigenvalue weighted by molar-refractivity contribution is 0.0966. The third kappa shape index (κ3) is 3.90. The topological polar surface area (TPSA) is 78.5 Å². The van der Waals surface area contributed by atoms with E-state index in [9.17, 15) is 9.59 Å². The Hall–Kier alpha value is -3.45. The second-order valence-corrected chi connectivity index (χ2v) is 6.75. The maximum Gasteiger partial charge on any atom is 0.367 e. The Kier molecular flexibility index (Phi) is 5.14. The van der Waals surface area contributed by atoms with Crippen LogP contribution in [-0.2, 0) is 6.54 Å². The number of hydrogen-bond acceptors (Lipinski definition) is 5. The van der Waals surface area contributed by atoms with Crippen molar-refractivity contribution in [2.24, 2.45) is 0 Å². The molecule has 0 spiro atoms. The van der Waals surface area contributed by atoms with Crippen LogP contribution in [0, 0.1) is 0 Å². The van der Waals surface area contributed by atoms with E-state index < -0.39 is 5.69 Å². The maximum atomic E-state index is 12.7. The van der Waals surface area contributed by atoms with E-state index in [0.717, 1.165) is 10.2 Å². The first-order chi connectivity index (χ1) is 14.0. The molecule has 2 aromatic carbocycles. The van der Waals surface area contributed by atoms with Gasteiger partial charge in [0, 0.05) is 16.1 Å². The van der Waals surface area contributed by atoms with Crippen LogP contribution in [0.25, 0.3) is 16.9 Å². The minimum Gasteiger partial charge on any atom is -0.494 e. The van der Waals surface area contributed by atoms with E-state index in [1.807, 2.05) is 19.1 Å². The van der Waals surface area contributed by atoms with E-state index in [4.69, 9.17) is 16.3 Å². The molecule has 29 heavy (non-hydrogen) atoms. The third-order valence-corrected chi connectivity index (χ3v) is 4.61. The molecule has 146 valence electrons. The van der Waals surface area contributed by atoms with Crippen molar-refractivity contribution >= 4 is 23.0 Å². The molecular weight excluding hydrogens is 392 g/mol. The molecule has 0 aliphatic heterocycles. The molecule has 0 atom stereocenters. The van der Waals surface area contributed by atoms with Crippen molar-refractivity contribution in [2.45, 2.75) is 13.5 Å². The number of benzene rings is 2. The molecule has 0 radical (unpaired) electrons. The Bertz CT molecular complexity index is 1230. The van der Waals surface area contributed by atoms with Crippen molar-refractivity contribution < 1.29 is 9.53 Å². The highest BCUT2D eigenvalue weighted by molar-refractivity contribution is 6.30. The summed E-state index contributed by atoms with van der Waals surface area (Å²) in [5.41, 5.74) is 1.80. The minimum absolute atomic E-state index is 0.174. The van der Waals surface area contributed by atoms with Gasteiger partial charge in [0.1, 0.15) is 12.3 Å². The van der Waals surface area contributed by atoms with Crippen molar-refractivity contribution in [1.29, 1.82) is 0 Å². The molecule has 0 aliphatic carbocycles. The van der Waals surface area contributed by atoms with E-state index in [2.05, 4.69) is 10.2 Å². The Morgan fingerprint density at radius 1 is 1.00 bits per heavy atom. The van der Waals surface area contributed by atoms with Crippen LogP contribution in [-0.4, -0.2) is 31.8 Å². The minimum atomic E-state index is -0.477. The molecule has 0 saturated carbocycles. The van der Waals surface area contributed by atoms with Crippen LogP contribution < -0.4 is 10.4 Å². The Balaban J connectivity index is 1.61. The van der Waals surface area contributed by atoms with Gasteiger partial charge in [0.25, 0.3) is 0 Å². The maximum absolute atomic E-state index is 12.7. The summed E-state index contributed by atoms with van der Waals surface area (Å²) in [4.78, 5) is 25.2. The highest BCUT2D eigenvalue weighted by Crippen LogP contribution is 2.19. The van der Waals surface area contributed by atoms with Gasteiger partial charge in [-0.2, -0.15) is 9.61 Å². The molecule has 0 fully saturated rings. The quantitative estimate of drug-likeness (QED) is 0.456. The van der Waals surface area contributed by atoms with Crippen molar-refractivity contribution in [2.75, 3.05) is 6.61 Å². The second-order valence-electron chi connectivity index (χ2n) is 6.32. The standard InChI is InChI=1S/C21H17ClN4O3/c1-2-29-17-9-5-15(6-10-17)19(27)13-25-21(28)26-20(24-25)12-11-18(23-26)14-3-7-16(22)8-4-14/h3-12H,2,13H2,1H3. The van der Waals surface area contributed by atoms with Crippen molar-refractivity contribution in [1.82, 2.24) is 19.4 Å². The van der Waals surface area contributed by atoms with Gasteiger partial charge in [-0.25, -0.2) is 9.48 Å². The molecule has 0 saturated heterocycles. The highest BCUT2D eigenvalue weighted by atomic mass is 35.5. The Labute approximate surface area is 171 Å². The first kappa shape index (κ1) is 18.9. The molecule has 2 heterocycles. The average Bonchev–Trinajstić information content (AvgIpc) is 3.04. The molecular formula is C21H17ClN4O3. The number of Topliss-reactive ketones (excluding diaryl/α,β-unsaturated/α-hetero) is 1. The van der Waals surface area contributed by atoms with Gasteiger partial charge in [0.2, 0.25) is 0 Å². The molecule has 0 bridgehead atoms. The van der Waals surface area contributed by atoms with Crippen LogP contribution in [0.2, 0.25) is 5.02 Å². The van der Waals surface area contributed by atoms with Gasteiger partial charge in [0.15, 0.2) is 11.4 Å². The third-order valence-electron chi connectivity index (χ3n) is 4.36. The number of nitrogens with zero attached hydrogens (tertiary/aromatic N) is 4. The lowest BCUT2D eigenvalue weighted by Crippen LogP contribution is -2.26. The first-order valence-corrected chi connectivity index (χ1v) is 9.42. The van der Waals surface area contributed by atoms with Crippen LogP contribution in [0.4, 0.5) is 0 Å². The zero-order chi connectivity index (χ0) is 20.4. The zero-order valence-corrected chi connectivity index (χ0v) is 16.3. The molecule has 8 heteroatoms. The number of hydrogen-bond donors (Lipinski definition) is 0. The molecule has 2 aromatic heterocycles. The van der Waals surface area contributed by atoms with Crippen LogP contribution in [0.15, 0.2) is 65.5 Å². The molecule has 7 nitrogen and oxygen atoms in total. The van der Waals surface area contributed by atoms with E-state index in [-0.39, 0.29) is 12.3 Å². The van der Waals surface area contributed by atoms with Crippen molar-refractivity contribution in [3.05, 3.63) is 81.7 Å². The molecule has 4 rings (SSSR count). The summed E-state index contributed by atoms with van der Waals surface area (Å²) in [6.45, 7) is 2.27. The lowest BCUT2D eigenvalue weighted by Gasteiger charge is -2.04. The summed E-state index contributed by atoms with van der Waals surface area (Å²) in [6, 6.07) is 17.4. The second kappa shape index (κ2) is 7.89. The first-order valence-electron chi connectivity index (χ1n) is 9.04. The summed E-state index contributed by atoms with van der Waals surface area (Å²) in [5, 5.41) is 9.19. The molecule has 0 amide bonds. The largest absolute Gasteiger partial charge is 0.494 e. The fourth-order valence-electron chi connectivity index (χ4n) is 2.92. The van der Waals surface area contributed by atoms with Gasteiger partial charge in [-0.1, -0.05) is 23.7 Å². The van der Waals surface area contributed by atoms with E-state index in [1.165, 1.54) is 4.52 Å². The van der Waals surface area contributed by atoms with Crippen LogP contribution in [0.1, 0.15) is 17.3 Å². The van der Waals surface area contributed by atoms with Crippen LogP contribution >= 0.6 is 11.6 Å². The number of carbonyl (C=O) groups is 1. The summed E-state index contributed by atoms with van der Waals surface area (Å²) in [6.07, 6.45) is 0. The number of carbonyl (C=O) groups excluding carboxylic acids is 1. The van der Waals surface area contributed by atoms with Crippen molar-refractivity contribution in [3.63, 3.8) is 0 Å². The Morgan fingerprint density at radius 3 is 2.41 bits per heavy atom. The monoisotopic (exact) mass is 408 g/mol. The summed E-state index contributed by atoms with van der Waals surface area (Å²) in [5.74, 6) is 0.462. The SMILES string of the molecule is CCOc1ccc(C(=O)Cn2nc3ccc(-c4ccc(Cl)cc4)nn3c2=O)cc1. The molecule has 0 N–H and O–H groups in total. The van der Waals surface area contributed by atoms with Gasteiger partial charge in [-0.15, -0.1) is 5.10 Å². The molecule has 0 unspecified atom stereocenters. The number of halogens is 1. The number of aromatic nitrogens is 4. The van der Waals surface area contributed by atoms with Crippen LogP contribution in [0.5, 0.6) is 5.75 Å². The summed E-state index contributed by atoms with van der Waals surface area (Å²) >= 11 is 5.92. The smallest absolute Gasteiger partial charge is 0.367 e. The van der Waals surface area contributed by atoms with E-state index >= 15 is 0 Å². The highest BCUT2D eigenvalue weighted by Gasteiger charge is 2.14. The van der Waals surface area contributed by atoms with E-state index in [0.29, 0.717) is 34.3 Å². The number of rotatable bonds is 6. The Morgan fingerprint density at radius 2 is 1.72 bits per heavy atom. The molecule has 4 aromatic rings. The van der Waals surface area contributed by atoms with Crippen LogP contribution in [0.3, 0.4) is 0 Å². The number of ether oxygens (including phenoxy) is 1.